The molecule has 1 N–H and O–H groups in total. The zero-order valence-electron chi connectivity index (χ0n) is 17.2. The van der Waals surface area contributed by atoms with Gasteiger partial charge < -0.3 is 24.3 Å². The number of aliphatic imine (C=N–C) groups is 1. The number of amidine groups is 1. The van der Waals surface area contributed by atoms with Gasteiger partial charge in [-0.25, -0.2) is 14.2 Å². The monoisotopic (exact) mass is 420 g/mol. The van der Waals surface area contributed by atoms with Crippen molar-refractivity contribution in [3.05, 3.63) is 41.6 Å². The minimum atomic E-state index is -0.846. The average molecular weight is 420 g/mol. The Morgan fingerprint density at radius 3 is 2.70 bits per heavy atom. The highest BCUT2D eigenvalue weighted by atomic mass is 19.1. The van der Waals surface area contributed by atoms with E-state index in [2.05, 4.69) is 15.3 Å². The molecule has 0 atom stereocenters. The summed E-state index contributed by atoms with van der Waals surface area (Å²) in [5, 5.41) is 3.19. The third-order valence-corrected chi connectivity index (χ3v) is 4.27. The van der Waals surface area contributed by atoms with E-state index in [0.717, 1.165) is 0 Å². The smallest absolute Gasteiger partial charge is 0.434 e. The van der Waals surface area contributed by atoms with E-state index in [1.54, 1.807) is 17.6 Å². The fraction of sp³-hybridized carbons (Fsp3) is 0.450. The fourth-order valence-corrected chi connectivity index (χ4v) is 3.04. The van der Waals surface area contributed by atoms with Crippen LogP contribution in [-0.2, 0) is 20.8 Å². The van der Waals surface area contributed by atoms with E-state index in [-0.39, 0.29) is 19.0 Å². The van der Waals surface area contributed by atoms with Gasteiger partial charge in [0.2, 0.25) is 5.88 Å². The van der Waals surface area contributed by atoms with Gasteiger partial charge >= 0.3 is 6.16 Å². The summed E-state index contributed by atoms with van der Waals surface area (Å²) in [6, 6.07) is 4.36. The lowest BCUT2D eigenvalue weighted by Crippen LogP contribution is -2.36. The predicted octanol–water partition coefficient (Wildman–Crippen LogP) is 2.80. The van der Waals surface area contributed by atoms with Crippen LogP contribution in [0.15, 0.2) is 29.5 Å². The fourth-order valence-electron chi connectivity index (χ4n) is 3.04. The van der Waals surface area contributed by atoms with Crippen LogP contribution < -0.4 is 10.1 Å². The first-order valence-corrected chi connectivity index (χ1v) is 9.79. The number of rotatable bonds is 8. The molecular weight excluding hydrogens is 395 g/mol. The molecular formula is C20H25FN4O5. The van der Waals surface area contributed by atoms with Gasteiger partial charge in [-0.1, -0.05) is 0 Å². The summed E-state index contributed by atoms with van der Waals surface area (Å²) in [7, 11) is 0. The maximum atomic E-state index is 14.0. The summed E-state index contributed by atoms with van der Waals surface area (Å²) < 4.78 is 36.9. The van der Waals surface area contributed by atoms with Crippen LogP contribution in [0.5, 0.6) is 5.88 Å². The second kappa shape index (κ2) is 10.2. The maximum Gasteiger partial charge on any atom is 0.515 e. The highest BCUT2D eigenvalue weighted by Gasteiger charge is 2.24. The second-order valence-corrected chi connectivity index (χ2v) is 6.20. The standard InChI is InChI=1S/C20H25FN4O5/c1-4-27-17(28-5-2)11-23-18-14-9-13(21)7-8-15(14)25-12-24-19(16(25)10-22-18)30-20(26)29-6-3/h7-9,12,17H,4-6,10-11H2,1-3H3,(H,22,23). The molecule has 0 bridgehead atoms. The van der Waals surface area contributed by atoms with E-state index < -0.39 is 18.3 Å². The van der Waals surface area contributed by atoms with E-state index in [9.17, 15) is 9.18 Å². The van der Waals surface area contributed by atoms with Crippen molar-refractivity contribution in [3.63, 3.8) is 0 Å². The Kier molecular flexibility index (Phi) is 7.36. The van der Waals surface area contributed by atoms with Gasteiger partial charge in [0.25, 0.3) is 0 Å². The number of aromatic nitrogens is 2. The summed E-state index contributed by atoms with van der Waals surface area (Å²) in [5.74, 6) is 0.163. The van der Waals surface area contributed by atoms with Crippen molar-refractivity contribution < 1.29 is 28.1 Å². The van der Waals surface area contributed by atoms with E-state index in [4.69, 9.17) is 18.9 Å². The molecule has 9 nitrogen and oxygen atoms in total. The number of hydrogen-bond acceptors (Lipinski definition) is 8. The Balaban J connectivity index is 1.91. The zero-order valence-corrected chi connectivity index (χ0v) is 17.2. The molecule has 3 rings (SSSR count). The van der Waals surface area contributed by atoms with Crippen molar-refractivity contribution in [2.75, 3.05) is 26.4 Å². The van der Waals surface area contributed by atoms with Crippen molar-refractivity contribution in [1.29, 1.82) is 0 Å². The highest BCUT2D eigenvalue weighted by Crippen LogP contribution is 2.28. The number of ether oxygens (including phenoxy) is 4. The Hall–Kier alpha value is -2.98. The van der Waals surface area contributed by atoms with Crippen LogP contribution >= 0.6 is 0 Å². The molecule has 0 amide bonds. The first-order chi connectivity index (χ1) is 14.6. The third-order valence-electron chi connectivity index (χ3n) is 4.27. The molecule has 0 radical (unpaired) electrons. The molecule has 30 heavy (non-hydrogen) atoms. The minimum absolute atomic E-state index is 0.0928. The van der Waals surface area contributed by atoms with Gasteiger partial charge in [0.05, 0.1) is 25.4 Å². The summed E-state index contributed by atoms with van der Waals surface area (Å²) in [4.78, 5) is 20.4. The lowest BCUT2D eigenvalue weighted by Gasteiger charge is -2.19. The van der Waals surface area contributed by atoms with E-state index in [0.29, 0.717) is 42.5 Å². The number of benzene rings is 1. The van der Waals surface area contributed by atoms with E-state index in [1.165, 1.54) is 18.5 Å². The molecule has 2 heterocycles. The number of fused-ring (bicyclic) bond motifs is 3. The van der Waals surface area contributed by atoms with Gasteiger partial charge in [-0.2, -0.15) is 0 Å². The van der Waals surface area contributed by atoms with Gasteiger partial charge in [-0.15, -0.1) is 0 Å². The van der Waals surface area contributed by atoms with Crippen molar-refractivity contribution in [2.45, 2.75) is 33.6 Å². The Bertz CT molecular complexity index is 909. The molecule has 1 aliphatic heterocycles. The first-order valence-electron chi connectivity index (χ1n) is 9.79. The predicted molar refractivity (Wildman–Crippen MR) is 106 cm³/mol. The molecule has 0 saturated heterocycles. The second-order valence-electron chi connectivity index (χ2n) is 6.20. The van der Waals surface area contributed by atoms with Crippen molar-refractivity contribution >= 4 is 12.0 Å². The van der Waals surface area contributed by atoms with Crippen molar-refractivity contribution in [1.82, 2.24) is 14.9 Å². The maximum absolute atomic E-state index is 14.0. The number of nitrogens with one attached hydrogen (secondary N) is 1. The number of nitrogens with zero attached hydrogens (tertiary/aromatic N) is 3. The molecule has 0 fully saturated rings. The number of hydrogen-bond donors (Lipinski definition) is 1. The van der Waals surface area contributed by atoms with E-state index >= 15 is 0 Å². The number of imidazole rings is 1. The lowest BCUT2D eigenvalue weighted by molar-refractivity contribution is -0.131. The Morgan fingerprint density at radius 1 is 1.23 bits per heavy atom. The van der Waals surface area contributed by atoms with Crippen molar-refractivity contribution in [3.8, 4) is 11.6 Å². The van der Waals surface area contributed by atoms with E-state index in [1.807, 2.05) is 13.8 Å². The molecule has 2 aromatic rings. The van der Waals surface area contributed by atoms with Gasteiger partial charge in [-0.3, -0.25) is 9.56 Å². The molecule has 1 aromatic carbocycles. The molecule has 1 aromatic heterocycles. The summed E-state index contributed by atoms with van der Waals surface area (Å²) in [6.45, 7) is 7.10. The minimum Gasteiger partial charge on any atom is -0.434 e. The summed E-state index contributed by atoms with van der Waals surface area (Å²) in [5.41, 5.74) is 1.73. The molecule has 162 valence electrons. The number of halogens is 1. The van der Waals surface area contributed by atoms with Crippen LogP contribution in [0.4, 0.5) is 9.18 Å². The lowest BCUT2D eigenvalue weighted by atomic mass is 10.1. The SMILES string of the molecule is CCOC(=O)Oc1ncn2c1CN=C(NCC(OCC)OCC)c1cc(F)ccc1-2. The van der Waals surface area contributed by atoms with Gasteiger partial charge in [0, 0.05) is 18.8 Å². The normalized spacial score (nSPS) is 12.6. The van der Waals surface area contributed by atoms with Crippen LogP contribution in [-0.4, -0.2) is 54.2 Å². The molecule has 0 aliphatic carbocycles. The highest BCUT2D eigenvalue weighted by molar-refractivity contribution is 6.02. The van der Waals surface area contributed by atoms with Crippen LogP contribution in [0.1, 0.15) is 32.0 Å². The van der Waals surface area contributed by atoms with Crippen LogP contribution in [0.3, 0.4) is 0 Å². The first kappa shape index (κ1) is 21.7. The summed E-state index contributed by atoms with van der Waals surface area (Å²) in [6.07, 6.45) is 0.190. The van der Waals surface area contributed by atoms with Crippen LogP contribution in [0.2, 0.25) is 0 Å². The van der Waals surface area contributed by atoms with Gasteiger partial charge in [-0.05, 0) is 39.0 Å². The molecule has 10 heteroatoms. The number of carbonyl (C=O) groups excluding carboxylic acids is 1. The van der Waals surface area contributed by atoms with Crippen LogP contribution in [0, 0.1) is 5.82 Å². The summed E-state index contributed by atoms with van der Waals surface area (Å²) >= 11 is 0. The number of carbonyl (C=O) groups is 1. The molecule has 1 aliphatic rings. The molecule has 0 spiro atoms. The quantitative estimate of drug-likeness (QED) is 0.518. The van der Waals surface area contributed by atoms with Crippen molar-refractivity contribution in [2.24, 2.45) is 4.99 Å². The van der Waals surface area contributed by atoms with Crippen LogP contribution in [0.25, 0.3) is 5.69 Å². The third kappa shape index (κ3) is 4.95. The largest absolute Gasteiger partial charge is 0.515 e. The average Bonchev–Trinajstić information content (AvgIpc) is 3.03. The van der Waals surface area contributed by atoms with Gasteiger partial charge in [0.15, 0.2) is 6.29 Å². The van der Waals surface area contributed by atoms with Gasteiger partial charge in [0.1, 0.15) is 23.7 Å². The molecule has 0 unspecified atom stereocenters. The topological polar surface area (TPSA) is 96.2 Å². The molecule has 0 saturated carbocycles. The Morgan fingerprint density at radius 2 is 2.00 bits per heavy atom. The Labute approximate surface area is 173 Å². The zero-order chi connectivity index (χ0) is 21.5.